The first-order valence-electron chi connectivity index (χ1n) is 26.2. The maximum Gasteiger partial charge on any atom is 0.264 e. The molecule has 1 atom stereocenters. The van der Waals surface area contributed by atoms with E-state index in [1.807, 2.05) is 0 Å². The van der Waals surface area contributed by atoms with E-state index in [0.29, 0.717) is 0 Å². The Morgan fingerprint density at radius 1 is 0.378 bits per heavy atom. The van der Waals surface area contributed by atoms with Gasteiger partial charge in [0.25, 0.3) is 6.71 Å². The Labute approximate surface area is 436 Å². The van der Waals surface area contributed by atoms with E-state index in [2.05, 4.69) is 272 Å². The number of hydrogen-bond acceptors (Lipinski definition) is 3. The van der Waals surface area contributed by atoms with E-state index in [-0.39, 0.29) is 12.1 Å². The Bertz CT molecular complexity index is 4230. The summed E-state index contributed by atoms with van der Waals surface area (Å²) < 4.78 is 1.40. The van der Waals surface area contributed by atoms with Crippen molar-refractivity contribution in [2.45, 2.75) is 37.0 Å². The van der Waals surface area contributed by atoms with Gasteiger partial charge in [0.1, 0.15) is 0 Å². The molecule has 10 aromatic carbocycles. The minimum Gasteiger partial charge on any atom is -0.311 e. The molecule has 6 aliphatic rings. The number of hydrogen-bond donors (Lipinski definition) is 0. The highest BCUT2D eigenvalue weighted by Crippen LogP contribution is 2.68. The van der Waals surface area contributed by atoms with Gasteiger partial charge in [-0.2, -0.15) is 0 Å². The Kier molecular flexibility index (Phi) is 7.88. The van der Waals surface area contributed by atoms with E-state index in [0.717, 1.165) is 5.69 Å². The first-order valence-corrected chi connectivity index (χ1v) is 27.0. The van der Waals surface area contributed by atoms with Crippen LogP contribution in [0.1, 0.15) is 70.2 Å². The first kappa shape index (κ1) is 41.1. The third-order valence-electron chi connectivity index (χ3n) is 17.8. The lowest BCUT2D eigenvalue weighted by Gasteiger charge is -2.44. The average Bonchev–Trinajstić information content (AvgIpc) is 4.22. The number of para-hydroxylation sites is 2. The molecular weight excluding hydrogens is 912 g/mol. The zero-order valence-corrected chi connectivity index (χ0v) is 42.1. The minimum atomic E-state index is -0.510. The van der Waals surface area contributed by atoms with E-state index < -0.39 is 10.8 Å². The molecule has 1 unspecified atom stereocenters. The molecule has 346 valence electrons. The van der Waals surface area contributed by atoms with Crippen LogP contribution < -0.4 is 25.5 Å². The second-order valence-corrected chi connectivity index (χ2v) is 23.3. The molecule has 3 heterocycles. The second kappa shape index (κ2) is 14.2. The molecular formula is C70H47BN2S. The highest BCUT2D eigenvalue weighted by molar-refractivity contribution is 7.30. The summed E-state index contributed by atoms with van der Waals surface area (Å²) in [6.07, 6.45) is 0. The van der Waals surface area contributed by atoms with Crippen LogP contribution in [0.15, 0.2) is 231 Å². The fourth-order valence-electron chi connectivity index (χ4n) is 15.0. The van der Waals surface area contributed by atoms with Gasteiger partial charge in [0.05, 0.1) is 16.5 Å². The van der Waals surface area contributed by atoms with Gasteiger partial charge in [0.2, 0.25) is 0 Å². The maximum absolute atomic E-state index is 2.66. The third-order valence-corrected chi connectivity index (χ3v) is 19.2. The van der Waals surface area contributed by atoms with Crippen molar-refractivity contribution < 1.29 is 0 Å². The molecule has 4 heteroatoms. The highest BCUT2D eigenvalue weighted by atomic mass is 32.1. The predicted octanol–water partition coefficient (Wildman–Crippen LogP) is 15.8. The molecule has 0 bridgehead atoms. The van der Waals surface area contributed by atoms with Crippen LogP contribution in [0, 0.1) is 0 Å². The molecule has 17 rings (SSSR count). The van der Waals surface area contributed by atoms with Gasteiger partial charge in [0, 0.05) is 43.7 Å². The van der Waals surface area contributed by atoms with Crippen LogP contribution in [0.2, 0.25) is 0 Å². The van der Waals surface area contributed by atoms with E-state index >= 15 is 0 Å². The molecule has 74 heavy (non-hydrogen) atoms. The Morgan fingerprint density at radius 2 is 0.838 bits per heavy atom. The fraction of sp³-hybridized carbons (Fsp3) is 0.0857. The summed E-state index contributed by atoms with van der Waals surface area (Å²) >= 11 is 2.06. The van der Waals surface area contributed by atoms with Gasteiger partial charge in [-0.05, 0) is 142 Å². The second-order valence-electron chi connectivity index (χ2n) is 22.2. The lowest BCUT2D eigenvalue weighted by Crippen LogP contribution is -2.60. The summed E-state index contributed by atoms with van der Waals surface area (Å²) in [5.74, 6) is 0. The van der Waals surface area contributed by atoms with Crippen molar-refractivity contribution in [2.24, 2.45) is 0 Å². The molecule has 0 saturated heterocycles. The monoisotopic (exact) mass is 958 g/mol. The Hall–Kier alpha value is -8.44. The third kappa shape index (κ3) is 4.80. The maximum atomic E-state index is 2.66. The predicted molar refractivity (Wildman–Crippen MR) is 310 cm³/mol. The number of anilines is 6. The van der Waals surface area contributed by atoms with Crippen molar-refractivity contribution in [3.63, 3.8) is 0 Å². The summed E-state index contributed by atoms with van der Waals surface area (Å²) in [5.41, 5.74) is 30.6. The van der Waals surface area contributed by atoms with Crippen LogP contribution in [0.3, 0.4) is 0 Å². The molecule has 0 N–H and O–H groups in total. The SMILES string of the molecule is CC(C)(C)c1ccc2c(c1)C1(c3ccccc3-2)c2ccccc2-c2cc3c(cc21)N(c1ccccc1)c1cccc2c1B3c1sc3c(c1N2c1ccccc1)-c1ccccc1C31c2ccccc2-c2ccccc21. The molecule has 2 nitrogen and oxygen atoms in total. The molecule has 1 aromatic heterocycles. The summed E-state index contributed by atoms with van der Waals surface area (Å²) in [5, 5.41) is 0. The van der Waals surface area contributed by atoms with Crippen LogP contribution in [0.4, 0.5) is 34.1 Å². The van der Waals surface area contributed by atoms with Crippen molar-refractivity contribution in [1.29, 1.82) is 0 Å². The Morgan fingerprint density at radius 3 is 1.42 bits per heavy atom. The van der Waals surface area contributed by atoms with Gasteiger partial charge in [0.15, 0.2) is 0 Å². The topological polar surface area (TPSA) is 6.48 Å². The first-order chi connectivity index (χ1) is 36.4. The van der Waals surface area contributed by atoms with Crippen LogP contribution >= 0.6 is 11.3 Å². The summed E-state index contributed by atoms with van der Waals surface area (Å²) in [6, 6.07) is 88.5. The van der Waals surface area contributed by atoms with Crippen LogP contribution in [-0.2, 0) is 16.2 Å². The van der Waals surface area contributed by atoms with Gasteiger partial charge in [-0.3, -0.25) is 0 Å². The molecule has 2 spiro atoms. The smallest absolute Gasteiger partial charge is 0.264 e. The number of nitrogens with zero attached hydrogens (tertiary/aromatic N) is 2. The average molecular weight is 959 g/mol. The number of fused-ring (bicyclic) bond motifs is 25. The van der Waals surface area contributed by atoms with Crippen molar-refractivity contribution >= 4 is 67.9 Å². The van der Waals surface area contributed by atoms with Crippen molar-refractivity contribution in [3.05, 3.63) is 280 Å². The minimum absolute atomic E-state index is 0.0254. The lowest BCUT2D eigenvalue weighted by atomic mass is 9.36. The lowest BCUT2D eigenvalue weighted by molar-refractivity contribution is 0.588. The van der Waals surface area contributed by atoms with Crippen molar-refractivity contribution in [1.82, 2.24) is 0 Å². The van der Waals surface area contributed by atoms with Crippen molar-refractivity contribution in [3.8, 4) is 44.5 Å². The van der Waals surface area contributed by atoms with E-state index in [4.69, 9.17) is 0 Å². The fourth-order valence-corrected chi connectivity index (χ4v) is 16.6. The number of benzene rings is 10. The molecule has 2 aliphatic heterocycles. The molecule has 0 fully saturated rings. The normalized spacial score (nSPS) is 16.7. The summed E-state index contributed by atoms with van der Waals surface area (Å²) in [6.45, 7) is 7.00. The quantitative estimate of drug-likeness (QED) is 0.159. The van der Waals surface area contributed by atoms with Crippen molar-refractivity contribution in [2.75, 3.05) is 9.80 Å². The van der Waals surface area contributed by atoms with Gasteiger partial charge in [-0.1, -0.05) is 209 Å². The highest BCUT2D eigenvalue weighted by Gasteiger charge is 2.58. The van der Waals surface area contributed by atoms with Crippen LogP contribution in [-0.4, -0.2) is 6.71 Å². The molecule has 0 radical (unpaired) electrons. The summed E-state index contributed by atoms with van der Waals surface area (Å²) in [4.78, 5) is 6.65. The van der Waals surface area contributed by atoms with Gasteiger partial charge >= 0.3 is 0 Å². The zero-order valence-electron chi connectivity index (χ0n) is 41.3. The van der Waals surface area contributed by atoms with E-state index in [1.54, 1.807) is 0 Å². The number of thiophene rings is 1. The van der Waals surface area contributed by atoms with E-state index in [1.165, 1.54) is 138 Å². The van der Waals surface area contributed by atoms with Gasteiger partial charge < -0.3 is 9.80 Å². The largest absolute Gasteiger partial charge is 0.311 e. The van der Waals surface area contributed by atoms with Gasteiger partial charge in [-0.25, -0.2) is 0 Å². The summed E-state index contributed by atoms with van der Waals surface area (Å²) in [7, 11) is 0. The molecule has 4 aliphatic carbocycles. The zero-order chi connectivity index (χ0) is 48.8. The van der Waals surface area contributed by atoms with Crippen LogP contribution in [0.25, 0.3) is 44.5 Å². The van der Waals surface area contributed by atoms with E-state index in [9.17, 15) is 0 Å². The van der Waals surface area contributed by atoms with Gasteiger partial charge in [-0.15, -0.1) is 11.3 Å². The molecule has 0 saturated carbocycles. The molecule has 0 amide bonds. The Balaban J connectivity index is 1.02. The van der Waals surface area contributed by atoms with Crippen LogP contribution in [0.5, 0.6) is 0 Å². The standard InChI is InChI=1S/C70H47BN2S/c1-68(2,3)42-37-38-49-47-27-10-15-30-52(47)69(57(49)39-42)53-31-16-13-28-48(53)51-40-59-62(41-58(51)69)72(43-21-6-4-7-22-43)60-35-20-36-61-64(60)71(59)67-65(73(61)44-23-8-5-9-24-44)63-50-29-14-19-34-56(50)70(66(63)74-67)54-32-17-11-25-45(54)46-26-12-18-33-55(46)70/h4-41H,1-3H3. The molecule has 11 aromatic rings. The number of rotatable bonds is 2.